The van der Waals surface area contributed by atoms with Crippen molar-refractivity contribution in [2.45, 2.75) is 39.7 Å². The number of likely N-dealkylation sites (tertiary alicyclic amines) is 1. The quantitative estimate of drug-likeness (QED) is 0.619. The van der Waals surface area contributed by atoms with Gasteiger partial charge >= 0.3 is 0 Å². The summed E-state index contributed by atoms with van der Waals surface area (Å²) in [5.41, 5.74) is 5.70. The fourth-order valence-corrected chi connectivity index (χ4v) is 3.71. The lowest BCUT2D eigenvalue weighted by molar-refractivity contribution is -0.142. The molecule has 5 heteroatoms. The van der Waals surface area contributed by atoms with Gasteiger partial charge in [-0.2, -0.15) is 0 Å². The topological polar surface area (TPSA) is 63.4 Å². The minimum Gasteiger partial charge on any atom is -0.392 e. The molecule has 2 aliphatic rings. The number of carbonyl (C=O) groups is 2. The van der Waals surface area contributed by atoms with Crippen LogP contribution >= 0.6 is 12.2 Å². The zero-order chi connectivity index (χ0) is 13.6. The molecule has 0 aromatic carbocycles. The van der Waals surface area contributed by atoms with Crippen molar-refractivity contribution in [3.8, 4) is 0 Å². The molecule has 0 aromatic heterocycles. The molecule has 1 saturated carbocycles. The Bertz CT molecular complexity index is 384. The van der Waals surface area contributed by atoms with Crippen LogP contribution in [0.3, 0.4) is 0 Å². The third-order valence-electron chi connectivity index (χ3n) is 4.11. The van der Waals surface area contributed by atoms with E-state index in [-0.39, 0.29) is 34.6 Å². The molecule has 2 rings (SSSR count). The molecule has 0 aromatic rings. The number of nitrogens with zero attached hydrogens (tertiary/aromatic N) is 1. The lowest BCUT2D eigenvalue weighted by Gasteiger charge is -2.29. The van der Waals surface area contributed by atoms with Gasteiger partial charge in [-0.3, -0.25) is 14.5 Å². The zero-order valence-corrected chi connectivity index (χ0v) is 11.9. The molecule has 1 saturated heterocycles. The van der Waals surface area contributed by atoms with Gasteiger partial charge in [-0.05, 0) is 24.7 Å². The van der Waals surface area contributed by atoms with Crippen molar-refractivity contribution in [1.29, 1.82) is 0 Å². The van der Waals surface area contributed by atoms with Crippen LogP contribution < -0.4 is 5.73 Å². The van der Waals surface area contributed by atoms with Crippen LogP contribution in [0.15, 0.2) is 0 Å². The van der Waals surface area contributed by atoms with Gasteiger partial charge in [0, 0.05) is 0 Å². The van der Waals surface area contributed by atoms with E-state index in [9.17, 15) is 9.59 Å². The Morgan fingerprint density at radius 2 is 1.72 bits per heavy atom. The van der Waals surface area contributed by atoms with Crippen molar-refractivity contribution >= 4 is 29.0 Å². The maximum Gasteiger partial charge on any atom is 0.233 e. The predicted octanol–water partition coefficient (Wildman–Crippen LogP) is 1.33. The maximum absolute atomic E-state index is 12.4. The van der Waals surface area contributed by atoms with Gasteiger partial charge in [0.05, 0.1) is 22.9 Å². The lowest BCUT2D eigenvalue weighted by Crippen LogP contribution is -2.50. The van der Waals surface area contributed by atoms with Crippen LogP contribution in [0.1, 0.15) is 33.6 Å². The second kappa shape index (κ2) is 4.61. The number of fused-ring (bicyclic) bond motifs is 1. The van der Waals surface area contributed by atoms with Crippen LogP contribution in [-0.2, 0) is 9.59 Å². The van der Waals surface area contributed by atoms with Gasteiger partial charge in [0.25, 0.3) is 0 Å². The molecule has 18 heavy (non-hydrogen) atoms. The average molecular weight is 268 g/mol. The fraction of sp³-hybridized carbons (Fsp3) is 0.769. The van der Waals surface area contributed by atoms with Crippen LogP contribution in [0.4, 0.5) is 0 Å². The van der Waals surface area contributed by atoms with E-state index in [0.29, 0.717) is 5.92 Å². The van der Waals surface area contributed by atoms with E-state index >= 15 is 0 Å². The van der Waals surface area contributed by atoms with E-state index in [4.69, 9.17) is 18.0 Å². The second-order valence-electron chi connectivity index (χ2n) is 5.93. The van der Waals surface area contributed by atoms with Crippen LogP contribution in [0, 0.1) is 23.7 Å². The van der Waals surface area contributed by atoms with E-state index < -0.39 is 6.04 Å². The van der Waals surface area contributed by atoms with Gasteiger partial charge in [-0.25, -0.2) is 0 Å². The molecule has 2 fully saturated rings. The number of thiocarbonyl (C=S) groups is 1. The third kappa shape index (κ3) is 1.94. The fourth-order valence-electron chi connectivity index (χ4n) is 3.33. The van der Waals surface area contributed by atoms with Crippen molar-refractivity contribution in [2.24, 2.45) is 29.4 Å². The lowest BCUT2D eigenvalue weighted by atomic mass is 10.00. The molecule has 1 aliphatic heterocycles. The number of carbonyl (C=O) groups excluding carboxylic acids is 2. The molecule has 100 valence electrons. The first-order chi connectivity index (χ1) is 8.34. The minimum atomic E-state index is -0.430. The number of amides is 2. The summed E-state index contributed by atoms with van der Waals surface area (Å²) in [5, 5.41) is 0. The molecule has 0 spiro atoms. The predicted molar refractivity (Wildman–Crippen MR) is 72.6 cm³/mol. The van der Waals surface area contributed by atoms with E-state index in [2.05, 4.69) is 6.92 Å². The van der Waals surface area contributed by atoms with Gasteiger partial charge in [0.2, 0.25) is 11.8 Å². The number of nitrogens with two attached hydrogens (primary N) is 1. The Morgan fingerprint density at radius 3 is 2.06 bits per heavy atom. The summed E-state index contributed by atoms with van der Waals surface area (Å²) in [6.07, 6.45) is 1.63. The van der Waals surface area contributed by atoms with Crippen LogP contribution in [-0.4, -0.2) is 27.7 Å². The van der Waals surface area contributed by atoms with Crippen molar-refractivity contribution in [1.82, 2.24) is 4.90 Å². The monoisotopic (exact) mass is 268 g/mol. The molecule has 0 bridgehead atoms. The van der Waals surface area contributed by atoms with E-state index in [1.807, 2.05) is 13.8 Å². The number of imide groups is 1. The van der Waals surface area contributed by atoms with Gasteiger partial charge in [-0.15, -0.1) is 0 Å². The highest BCUT2D eigenvalue weighted by atomic mass is 32.1. The molecule has 2 amide bonds. The first-order valence-corrected chi connectivity index (χ1v) is 6.91. The average Bonchev–Trinajstić information content (AvgIpc) is 2.72. The SMILES string of the molecule is CC1CC2C(=O)N(C(C(N)=S)C(C)C)C(=O)C2C1. The Balaban J connectivity index is 2.28. The maximum atomic E-state index is 12.4. The van der Waals surface area contributed by atoms with Crippen LogP contribution in [0.25, 0.3) is 0 Å². The largest absolute Gasteiger partial charge is 0.392 e. The summed E-state index contributed by atoms with van der Waals surface area (Å²) in [7, 11) is 0. The summed E-state index contributed by atoms with van der Waals surface area (Å²) < 4.78 is 0. The Hall–Kier alpha value is -0.970. The van der Waals surface area contributed by atoms with Gasteiger partial charge in [-0.1, -0.05) is 33.0 Å². The van der Waals surface area contributed by atoms with Gasteiger partial charge in [0.15, 0.2) is 0 Å². The van der Waals surface area contributed by atoms with Crippen LogP contribution in [0.2, 0.25) is 0 Å². The first kappa shape index (κ1) is 13.5. The summed E-state index contributed by atoms with van der Waals surface area (Å²) in [5.74, 6) is 0.108. The number of hydrogen-bond acceptors (Lipinski definition) is 3. The Kier molecular flexibility index (Phi) is 3.45. The summed E-state index contributed by atoms with van der Waals surface area (Å²) in [6.45, 7) is 5.96. The van der Waals surface area contributed by atoms with Crippen molar-refractivity contribution in [3.63, 3.8) is 0 Å². The normalized spacial score (nSPS) is 33.1. The Labute approximate surface area is 113 Å². The highest BCUT2D eigenvalue weighted by Gasteiger charge is 2.54. The van der Waals surface area contributed by atoms with Crippen LogP contribution in [0.5, 0.6) is 0 Å². The molecule has 1 aliphatic carbocycles. The smallest absolute Gasteiger partial charge is 0.233 e. The van der Waals surface area contributed by atoms with E-state index in [1.165, 1.54) is 4.90 Å². The first-order valence-electron chi connectivity index (χ1n) is 6.50. The van der Waals surface area contributed by atoms with Gasteiger partial charge < -0.3 is 5.73 Å². The van der Waals surface area contributed by atoms with Gasteiger partial charge in [0.1, 0.15) is 0 Å². The number of hydrogen-bond donors (Lipinski definition) is 1. The molecule has 4 nitrogen and oxygen atoms in total. The van der Waals surface area contributed by atoms with E-state index in [1.54, 1.807) is 0 Å². The zero-order valence-electron chi connectivity index (χ0n) is 11.1. The molecular weight excluding hydrogens is 248 g/mol. The standard InChI is InChI=1S/C13H20N2O2S/c1-6(2)10(11(14)18)15-12(16)8-4-7(3)5-9(8)13(15)17/h6-10H,4-5H2,1-3H3,(H2,14,18). The highest BCUT2D eigenvalue weighted by molar-refractivity contribution is 7.80. The van der Waals surface area contributed by atoms with E-state index in [0.717, 1.165) is 12.8 Å². The summed E-state index contributed by atoms with van der Waals surface area (Å²) in [6, 6.07) is -0.430. The molecule has 3 atom stereocenters. The molecule has 1 heterocycles. The summed E-state index contributed by atoms with van der Waals surface area (Å²) in [4.78, 5) is 26.3. The van der Waals surface area contributed by atoms with Crippen molar-refractivity contribution < 1.29 is 9.59 Å². The third-order valence-corrected chi connectivity index (χ3v) is 4.35. The molecule has 2 N–H and O–H groups in total. The Morgan fingerprint density at radius 1 is 1.28 bits per heavy atom. The van der Waals surface area contributed by atoms with Crippen molar-refractivity contribution in [2.75, 3.05) is 0 Å². The number of rotatable bonds is 3. The molecule has 0 radical (unpaired) electrons. The molecular formula is C13H20N2O2S. The second-order valence-corrected chi connectivity index (χ2v) is 6.40. The summed E-state index contributed by atoms with van der Waals surface area (Å²) >= 11 is 5.02. The molecule has 3 unspecified atom stereocenters. The highest BCUT2D eigenvalue weighted by Crippen LogP contribution is 2.44. The minimum absolute atomic E-state index is 0.0617. The van der Waals surface area contributed by atoms with Crippen molar-refractivity contribution in [3.05, 3.63) is 0 Å².